The Morgan fingerprint density at radius 2 is 1.95 bits per heavy atom. The van der Waals surface area contributed by atoms with Crippen LogP contribution in [0.1, 0.15) is 26.3 Å². The van der Waals surface area contributed by atoms with Gasteiger partial charge in [0.25, 0.3) is 0 Å². The number of hydrogen-bond acceptors (Lipinski definition) is 2. The average molecular weight is 281 g/mol. The van der Waals surface area contributed by atoms with E-state index in [0.29, 0.717) is 17.8 Å². The molecule has 0 radical (unpaired) electrons. The van der Waals surface area contributed by atoms with Gasteiger partial charge in [-0.15, -0.1) is 0 Å². The molecule has 0 heterocycles. The molecule has 0 aliphatic carbocycles. The SMILES string of the molecule is COCC(C)C(CNCC(C)C)Cc1cccc(F)c1. The maximum atomic E-state index is 13.3. The molecule has 0 spiro atoms. The van der Waals surface area contributed by atoms with Gasteiger partial charge in [-0.2, -0.15) is 0 Å². The molecule has 0 aromatic heterocycles. The minimum Gasteiger partial charge on any atom is -0.384 e. The maximum absolute atomic E-state index is 13.3. The van der Waals surface area contributed by atoms with Gasteiger partial charge in [0.05, 0.1) is 0 Å². The monoisotopic (exact) mass is 281 g/mol. The van der Waals surface area contributed by atoms with Crippen molar-refractivity contribution in [3.63, 3.8) is 0 Å². The summed E-state index contributed by atoms with van der Waals surface area (Å²) in [6.45, 7) is 9.30. The second kappa shape index (κ2) is 9.09. The van der Waals surface area contributed by atoms with Crippen LogP contribution in [0.15, 0.2) is 24.3 Å². The summed E-state index contributed by atoms with van der Waals surface area (Å²) in [5.41, 5.74) is 1.06. The van der Waals surface area contributed by atoms with Crippen LogP contribution in [0.4, 0.5) is 4.39 Å². The molecule has 1 rings (SSSR count). The van der Waals surface area contributed by atoms with E-state index >= 15 is 0 Å². The Balaban J connectivity index is 2.61. The molecule has 0 saturated heterocycles. The predicted octanol–water partition coefficient (Wildman–Crippen LogP) is 3.51. The van der Waals surface area contributed by atoms with Crippen molar-refractivity contribution in [2.24, 2.45) is 17.8 Å². The zero-order valence-corrected chi connectivity index (χ0v) is 13.2. The van der Waals surface area contributed by atoms with E-state index in [1.54, 1.807) is 19.2 Å². The number of hydrogen-bond donors (Lipinski definition) is 1. The molecule has 2 nitrogen and oxygen atoms in total. The highest BCUT2D eigenvalue weighted by Crippen LogP contribution is 2.18. The lowest BCUT2D eigenvalue weighted by Crippen LogP contribution is -2.32. The van der Waals surface area contributed by atoms with Crippen molar-refractivity contribution in [1.82, 2.24) is 5.32 Å². The molecule has 2 unspecified atom stereocenters. The molecular weight excluding hydrogens is 253 g/mol. The van der Waals surface area contributed by atoms with E-state index in [1.807, 2.05) is 6.07 Å². The Hall–Kier alpha value is -0.930. The topological polar surface area (TPSA) is 21.3 Å². The highest BCUT2D eigenvalue weighted by Gasteiger charge is 2.18. The Morgan fingerprint density at radius 3 is 2.55 bits per heavy atom. The summed E-state index contributed by atoms with van der Waals surface area (Å²) in [6.07, 6.45) is 0.882. The van der Waals surface area contributed by atoms with Crippen LogP contribution < -0.4 is 5.32 Å². The van der Waals surface area contributed by atoms with Gasteiger partial charge in [0, 0.05) is 13.7 Å². The summed E-state index contributed by atoms with van der Waals surface area (Å²) in [7, 11) is 1.73. The van der Waals surface area contributed by atoms with Crippen molar-refractivity contribution in [2.45, 2.75) is 27.2 Å². The summed E-state index contributed by atoms with van der Waals surface area (Å²) in [5, 5.41) is 3.51. The van der Waals surface area contributed by atoms with Crippen LogP contribution in [0.5, 0.6) is 0 Å². The van der Waals surface area contributed by atoms with Crippen molar-refractivity contribution < 1.29 is 9.13 Å². The number of halogens is 1. The van der Waals surface area contributed by atoms with Gasteiger partial charge in [0.1, 0.15) is 5.82 Å². The lowest BCUT2D eigenvalue weighted by Gasteiger charge is -2.24. The second-order valence-electron chi connectivity index (χ2n) is 6.08. The normalized spacial score (nSPS) is 14.5. The molecule has 1 aromatic carbocycles. The Bertz CT molecular complexity index is 381. The minimum atomic E-state index is -0.157. The van der Waals surface area contributed by atoms with Crippen molar-refractivity contribution in [3.05, 3.63) is 35.6 Å². The van der Waals surface area contributed by atoms with Crippen LogP contribution >= 0.6 is 0 Å². The lowest BCUT2D eigenvalue weighted by molar-refractivity contribution is 0.128. The molecule has 0 fully saturated rings. The fourth-order valence-corrected chi connectivity index (χ4v) is 2.40. The first-order valence-corrected chi connectivity index (χ1v) is 7.47. The summed E-state index contributed by atoms with van der Waals surface area (Å²) >= 11 is 0. The van der Waals surface area contributed by atoms with Crippen LogP contribution in [0.3, 0.4) is 0 Å². The van der Waals surface area contributed by atoms with Crippen molar-refractivity contribution in [1.29, 1.82) is 0 Å². The Morgan fingerprint density at radius 1 is 1.20 bits per heavy atom. The summed E-state index contributed by atoms with van der Waals surface area (Å²) in [6, 6.07) is 6.91. The van der Waals surface area contributed by atoms with Gasteiger partial charge in [0.15, 0.2) is 0 Å². The largest absolute Gasteiger partial charge is 0.384 e. The third-order valence-electron chi connectivity index (χ3n) is 3.58. The van der Waals surface area contributed by atoms with Crippen molar-refractivity contribution in [3.8, 4) is 0 Å². The Kier molecular flexibility index (Phi) is 7.78. The van der Waals surface area contributed by atoms with Crippen LogP contribution in [-0.4, -0.2) is 26.8 Å². The lowest BCUT2D eigenvalue weighted by atomic mass is 9.88. The second-order valence-corrected chi connectivity index (χ2v) is 6.08. The first-order chi connectivity index (χ1) is 9.52. The number of nitrogens with one attached hydrogen (secondary N) is 1. The van der Waals surface area contributed by atoms with Crippen LogP contribution in [0.2, 0.25) is 0 Å². The molecule has 0 bridgehead atoms. The van der Waals surface area contributed by atoms with Crippen molar-refractivity contribution in [2.75, 3.05) is 26.8 Å². The number of rotatable bonds is 9. The van der Waals surface area contributed by atoms with Crippen LogP contribution in [0, 0.1) is 23.6 Å². The molecule has 1 aromatic rings. The molecule has 0 saturated carbocycles. The number of ether oxygens (including phenoxy) is 1. The van der Waals surface area contributed by atoms with Gasteiger partial charge >= 0.3 is 0 Å². The minimum absolute atomic E-state index is 0.157. The van der Waals surface area contributed by atoms with E-state index in [-0.39, 0.29) is 5.82 Å². The van der Waals surface area contributed by atoms with Crippen LogP contribution in [-0.2, 0) is 11.2 Å². The van der Waals surface area contributed by atoms with Gasteiger partial charge in [-0.1, -0.05) is 32.9 Å². The fraction of sp³-hybridized carbons (Fsp3) is 0.647. The van der Waals surface area contributed by atoms with E-state index in [1.165, 1.54) is 6.07 Å². The fourth-order valence-electron chi connectivity index (χ4n) is 2.40. The highest BCUT2D eigenvalue weighted by molar-refractivity contribution is 5.17. The average Bonchev–Trinajstić information content (AvgIpc) is 2.37. The van der Waals surface area contributed by atoms with E-state index in [0.717, 1.165) is 31.7 Å². The summed E-state index contributed by atoms with van der Waals surface area (Å²) < 4.78 is 18.6. The molecule has 0 aliphatic heterocycles. The number of benzene rings is 1. The molecule has 0 amide bonds. The van der Waals surface area contributed by atoms with Gasteiger partial charge in [-0.25, -0.2) is 4.39 Å². The third kappa shape index (κ3) is 6.49. The first-order valence-electron chi connectivity index (χ1n) is 7.47. The van der Waals surface area contributed by atoms with Gasteiger partial charge in [-0.3, -0.25) is 0 Å². The maximum Gasteiger partial charge on any atom is 0.123 e. The molecule has 0 aliphatic rings. The summed E-state index contributed by atoms with van der Waals surface area (Å²) in [4.78, 5) is 0. The van der Waals surface area contributed by atoms with E-state index in [9.17, 15) is 4.39 Å². The molecule has 2 atom stereocenters. The molecule has 114 valence electrons. The summed E-state index contributed by atoms with van der Waals surface area (Å²) in [5.74, 6) is 1.39. The van der Waals surface area contributed by atoms with Gasteiger partial charge in [0.2, 0.25) is 0 Å². The molecule has 1 N–H and O–H groups in total. The van der Waals surface area contributed by atoms with Gasteiger partial charge < -0.3 is 10.1 Å². The smallest absolute Gasteiger partial charge is 0.123 e. The third-order valence-corrected chi connectivity index (χ3v) is 3.58. The van der Waals surface area contributed by atoms with E-state index < -0.39 is 0 Å². The zero-order chi connectivity index (χ0) is 15.0. The quantitative estimate of drug-likeness (QED) is 0.748. The molecular formula is C17H28FNO. The van der Waals surface area contributed by atoms with E-state index in [2.05, 4.69) is 26.1 Å². The molecule has 20 heavy (non-hydrogen) atoms. The standard InChI is InChI=1S/C17H28FNO/c1-13(2)10-19-11-16(14(3)12-20-4)8-15-6-5-7-17(18)9-15/h5-7,9,13-14,16,19H,8,10-12H2,1-4H3. The first kappa shape index (κ1) is 17.1. The highest BCUT2D eigenvalue weighted by atomic mass is 19.1. The number of methoxy groups -OCH3 is 1. The molecule has 3 heteroatoms. The van der Waals surface area contributed by atoms with E-state index in [4.69, 9.17) is 4.74 Å². The van der Waals surface area contributed by atoms with Gasteiger partial charge in [-0.05, 0) is 55.0 Å². The predicted molar refractivity (Wildman–Crippen MR) is 82.3 cm³/mol. The zero-order valence-electron chi connectivity index (χ0n) is 13.2. The van der Waals surface area contributed by atoms with Crippen molar-refractivity contribution >= 4 is 0 Å². The van der Waals surface area contributed by atoms with Crippen LogP contribution in [0.25, 0.3) is 0 Å². The Labute approximate surface area is 122 Å².